The van der Waals surface area contributed by atoms with Gasteiger partial charge in [0.05, 0.1) is 48.9 Å². The molecule has 2 heterocycles. The molecule has 27 heavy (non-hydrogen) atoms. The van der Waals surface area contributed by atoms with Gasteiger partial charge < -0.3 is 18.8 Å². The lowest BCUT2D eigenvalue weighted by Crippen LogP contribution is -2.08. The van der Waals surface area contributed by atoms with E-state index in [2.05, 4.69) is 14.7 Å². The number of rotatable bonds is 8. The Morgan fingerprint density at radius 1 is 1.19 bits per heavy atom. The van der Waals surface area contributed by atoms with E-state index in [0.717, 1.165) is 0 Å². The highest BCUT2D eigenvalue weighted by Gasteiger charge is 2.15. The zero-order valence-electron chi connectivity index (χ0n) is 14.6. The topological polar surface area (TPSA) is 75.5 Å². The van der Waals surface area contributed by atoms with Crippen molar-refractivity contribution < 1.29 is 27.2 Å². The highest BCUT2D eigenvalue weighted by Crippen LogP contribution is 2.30. The molecule has 1 unspecified atom stereocenters. The molecule has 0 amide bonds. The molecular weight excluding hydrogens is 380 g/mol. The fraction of sp³-hybridized carbons (Fsp3) is 0.294. The van der Waals surface area contributed by atoms with Crippen LogP contribution in [0.2, 0.25) is 0 Å². The van der Waals surface area contributed by atoms with E-state index in [0.29, 0.717) is 28.2 Å². The maximum Gasteiger partial charge on any atom is 0.387 e. The number of imidazole rings is 1. The largest absolute Gasteiger partial charge is 0.493 e. The third-order valence-corrected chi connectivity index (χ3v) is 4.93. The first kappa shape index (κ1) is 19.0. The van der Waals surface area contributed by atoms with Gasteiger partial charge in [0.25, 0.3) is 0 Å². The van der Waals surface area contributed by atoms with Crippen molar-refractivity contribution in [2.45, 2.75) is 18.2 Å². The Balaban J connectivity index is 1.77. The Kier molecular flexibility index (Phi) is 5.84. The summed E-state index contributed by atoms with van der Waals surface area (Å²) in [6.07, 6.45) is 3.07. The van der Waals surface area contributed by atoms with Gasteiger partial charge in [-0.1, -0.05) is 0 Å². The van der Waals surface area contributed by atoms with Crippen LogP contribution in [0.5, 0.6) is 17.2 Å². The Hall–Kier alpha value is -2.75. The first-order chi connectivity index (χ1) is 13.0. The van der Waals surface area contributed by atoms with Crippen molar-refractivity contribution in [2.24, 2.45) is 0 Å². The van der Waals surface area contributed by atoms with Gasteiger partial charge in [-0.25, -0.2) is 4.98 Å². The van der Waals surface area contributed by atoms with Gasteiger partial charge in [0.15, 0.2) is 11.5 Å². The summed E-state index contributed by atoms with van der Waals surface area (Å²) in [7, 11) is 1.69. The summed E-state index contributed by atoms with van der Waals surface area (Å²) < 4.78 is 53.8. The molecule has 0 aliphatic carbocycles. The summed E-state index contributed by atoms with van der Waals surface area (Å²) in [4.78, 5) is 8.37. The SMILES string of the molecule is COc1ccnc(CS(=O)Cn2cnc3cc(OC(F)F)ccc32)c1OC. The van der Waals surface area contributed by atoms with Gasteiger partial charge >= 0.3 is 6.61 Å². The van der Waals surface area contributed by atoms with Crippen LogP contribution >= 0.6 is 0 Å². The van der Waals surface area contributed by atoms with Gasteiger partial charge in [0.1, 0.15) is 5.75 Å². The Morgan fingerprint density at radius 2 is 2.00 bits per heavy atom. The molecule has 0 spiro atoms. The molecule has 0 saturated heterocycles. The second kappa shape index (κ2) is 8.30. The second-order valence-electron chi connectivity index (χ2n) is 5.45. The van der Waals surface area contributed by atoms with Crippen LogP contribution in [-0.2, 0) is 22.4 Å². The summed E-state index contributed by atoms with van der Waals surface area (Å²) in [5.41, 5.74) is 1.66. The minimum atomic E-state index is -2.90. The van der Waals surface area contributed by atoms with E-state index in [4.69, 9.17) is 9.47 Å². The molecular formula is C17H17F2N3O4S. The number of hydrogen-bond donors (Lipinski definition) is 0. The Bertz CT molecular complexity index is 965. The number of methoxy groups -OCH3 is 2. The minimum Gasteiger partial charge on any atom is -0.493 e. The van der Waals surface area contributed by atoms with E-state index in [1.54, 1.807) is 22.9 Å². The van der Waals surface area contributed by atoms with Crippen molar-refractivity contribution >= 4 is 21.8 Å². The van der Waals surface area contributed by atoms with Gasteiger partial charge in [0.2, 0.25) is 0 Å². The standard InChI is InChI=1S/C17H17F2N3O4S/c1-24-15-5-6-20-13(16(15)25-2)8-27(23)10-22-9-21-12-7-11(26-17(18)19)3-4-14(12)22/h3-7,9,17H,8,10H2,1-2H3. The number of benzene rings is 1. The van der Waals surface area contributed by atoms with Gasteiger partial charge in [-0.2, -0.15) is 8.78 Å². The van der Waals surface area contributed by atoms with Gasteiger partial charge in [-0.15, -0.1) is 0 Å². The molecule has 0 radical (unpaired) electrons. The third-order valence-electron chi connectivity index (χ3n) is 3.76. The Labute approximate surface area is 156 Å². The average molecular weight is 397 g/mol. The lowest BCUT2D eigenvalue weighted by atomic mass is 10.3. The summed E-state index contributed by atoms with van der Waals surface area (Å²) in [5, 5.41) is 0. The maximum atomic E-state index is 12.6. The van der Waals surface area contributed by atoms with Crippen LogP contribution < -0.4 is 14.2 Å². The lowest BCUT2D eigenvalue weighted by Gasteiger charge is -2.11. The molecule has 1 atom stereocenters. The smallest absolute Gasteiger partial charge is 0.387 e. The molecule has 1 aromatic carbocycles. The van der Waals surface area contributed by atoms with Crippen LogP contribution in [0.3, 0.4) is 0 Å². The summed E-state index contributed by atoms with van der Waals surface area (Å²) >= 11 is 0. The molecule has 0 N–H and O–H groups in total. The first-order valence-corrected chi connectivity index (χ1v) is 9.31. The van der Waals surface area contributed by atoms with Crippen LogP contribution in [0.15, 0.2) is 36.8 Å². The minimum absolute atomic E-state index is 0.0224. The molecule has 0 fully saturated rings. The van der Waals surface area contributed by atoms with Gasteiger partial charge in [-0.05, 0) is 12.1 Å². The van der Waals surface area contributed by atoms with E-state index in [1.165, 1.54) is 32.7 Å². The number of aromatic nitrogens is 3. The number of alkyl halides is 2. The predicted octanol–water partition coefficient (Wildman–Crippen LogP) is 2.96. The molecule has 10 heteroatoms. The molecule has 7 nitrogen and oxygen atoms in total. The van der Waals surface area contributed by atoms with E-state index in [1.807, 2.05) is 0 Å². The number of ether oxygens (including phenoxy) is 3. The van der Waals surface area contributed by atoms with Crippen molar-refractivity contribution in [1.82, 2.24) is 14.5 Å². The molecule has 0 aliphatic heterocycles. The van der Waals surface area contributed by atoms with E-state index in [-0.39, 0.29) is 17.4 Å². The molecule has 0 bridgehead atoms. The zero-order valence-corrected chi connectivity index (χ0v) is 15.4. The Morgan fingerprint density at radius 3 is 2.70 bits per heavy atom. The fourth-order valence-electron chi connectivity index (χ4n) is 2.63. The van der Waals surface area contributed by atoms with E-state index in [9.17, 15) is 13.0 Å². The highest BCUT2D eigenvalue weighted by molar-refractivity contribution is 7.83. The van der Waals surface area contributed by atoms with Gasteiger partial charge in [-0.3, -0.25) is 9.19 Å². The van der Waals surface area contributed by atoms with Crippen molar-refractivity contribution in [3.8, 4) is 17.2 Å². The maximum absolute atomic E-state index is 12.6. The highest BCUT2D eigenvalue weighted by atomic mass is 32.2. The van der Waals surface area contributed by atoms with E-state index < -0.39 is 17.4 Å². The lowest BCUT2D eigenvalue weighted by molar-refractivity contribution is -0.0497. The van der Waals surface area contributed by atoms with Crippen LogP contribution in [0.1, 0.15) is 5.69 Å². The molecule has 0 saturated carbocycles. The molecule has 2 aromatic heterocycles. The summed E-state index contributed by atoms with van der Waals surface area (Å²) in [5.74, 6) is 1.30. The third kappa shape index (κ3) is 4.33. The molecule has 3 rings (SSSR count). The normalized spacial score (nSPS) is 12.3. The average Bonchev–Trinajstić information content (AvgIpc) is 3.02. The van der Waals surface area contributed by atoms with Crippen molar-refractivity contribution in [3.63, 3.8) is 0 Å². The van der Waals surface area contributed by atoms with Crippen molar-refractivity contribution in [3.05, 3.63) is 42.5 Å². The monoisotopic (exact) mass is 397 g/mol. The van der Waals surface area contributed by atoms with Gasteiger partial charge in [0, 0.05) is 29.1 Å². The number of pyridine rings is 1. The summed E-state index contributed by atoms with van der Waals surface area (Å²) in [6, 6.07) is 6.09. The first-order valence-electron chi connectivity index (χ1n) is 7.82. The van der Waals surface area contributed by atoms with E-state index >= 15 is 0 Å². The van der Waals surface area contributed by atoms with Crippen LogP contribution in [0.4, 0.5) is 8.78 Å². The fourth-order valence-corrected chi connectivity index (χ4v) is 3.75. The quantitative estimate of drug-likeness (QED) is 0.582. The van der Waals surface area contributed by atoms with Crippen LogP contribution in [-0.4, -0.2) is 39.6 Å². The van der Waals surface area contributed by atoms with Crippen molar-refractivity contribution in [2.75, 3.05) is 14.2 Å². The number of fused-ring (bicyclic) bond motifs is 1. The molecule has 144 valence electrons. The number of halogens is 2. The number of hydrogen-bond acceptors (Lipinski definition) is 6. The van der Waals surface area contributed by atoms with Crippen LogP contribution in [0, 0.1) is 0 Å². The summed E-state index contributed by atoms with van der Waals surface area (Å²) in [6.45, 7) is -2.90. The van der Waals surface area contributed by atoms with Crippen molar-refractivity contribution in [1.29, 1.82) is 0 Å². The number of nitrogens with zero attached hydrogens (tertiary/aromatic N) is 3. The molecule has 3 aromatic rings. The van der Waals surface area contributed by atoms with Crippen LogP contribution in [0.25, 0.3) is 11.0 Å². The zero-order chi connectivity index (χ0) is 19.4. The predicted molar refractivity (Wildman–Crippen MR) is 95.6 cm³/mol. The second-order valence-corrected chi connectivity index (χ2v) is 6.88. The molecule has 0 aliphatic rings.